The number of likely N-dealkylation sites (tertiary alicyclic amines) is 1. The van der Waals surface area contributed by atoms with Gasteiger partial charge in [0, 0.05) is 18.7 Å². The van der Waals surface area contributed by atoms with Gasteiger partial charge in [0.15, 0.2) is 0 Å². The van der Waals surface area contributed by atoms with Crippen molar-refractivity contribution in [3.05, 3.63) is 29.8 Å². The normalized spacial score (nSPS) is 20.4. The fraction of sp³-hybridized carbons (Fsp3) is 0.562. The number of ether oxygens (including phenoxy) is 1. The van der Waals surface area contributed by atoms with Crippen LogP contribution in [0.15, 0.2) is 24.3 Å². The first kappa shape index (κ1) is 16.2. The van der Waals surface area contributed by atoms with Crippen molar-refractivity contribution in [1.29, 1.82) is 0 Å². The molecule has 1 fully saturated rings. The topological polar surface area (TPSA) is 58.7 Å². The molecule has 0 spiro atoms. The van der Waals surface area contributed by atoms with Crippen molar-refractivity contribution in [3.63, 3.8) is 0 Å². The van der Waals surface area contributed by atoms with Gasteiger partial charge >= 0.3 is 0 Å². The molecule has 1 heterocycles. The molecular weight excluding hydrogens is 284 g/mol. The molecule has 0 aromatic heterocycles. The second-order valence-corrected chi connectivity index (χ2v) is 6.12. The van der Waals surface area contributed by atoms with E-state index in [1.165, 1.54) is 12.8 Å². The fourth-order valence-electron chi connectivity index (χ4n) is 2.69. The first-order chi connectivity index (χ1) is 10.1. The second kappa shape index (κ2) is 7.73. The van der Waals surface area contributed by atoms with Gasteiger partial charge in [0.05, 0.1) is 0 Å². The third kappa shape index (κ3) is 4.95. The van der Waals surface area contributed by atoms with Crippen LogP contribution in [0.1, 0.15) is 25.3 Å². The lowest BCUT2D eigenvalue weighted by Crippen LogP contribution is -2.34. The van der Waals surface area contributed by atoms with Gasteiger partial charge in [-0.2, -0.15) is 0 Å². The van der Waals surface area contributed by atoms with Gasteiger partial charge in [-0.25, -0.2) is 0 Å². The van der Waals surface area contributed by atoms with E-state index in [1.54, 1.807) is 6.07 Å². The quantitative estimate of drug-likeness (QED) is 0.752. The Bertz CT molecular complexity index is 481. The van der Waals surface area contributed by atoms with Crippen molar-refractivity contribution in [2.75, 3.05) is 26.2 Å². The van der Waals surface area contributed by atoms with Gasteiger partial charge in [-0.05, 0) is 31.0 Å². The van der Waals surface area contributed by atoms with Crippen LogP contribution in [-0.4, -0.2) is 47.3 Å². The summed E-state index contributed by atoms with van der Waals surface area (Å²) in [6.45, 7) is 5.35. The minimum Gasteiger partial charge on any atom is -0.491 e. The molecule has 0 bridgehead atoms. The Kier molecular flexibility index (Phi) is 5.96. The van der Waals surface area contributed by atoms with Crippen LogP contribution in [-0.2, 0) is 0 Å². The van der Waals surface area contributed by atoms with Crippen LogP contribution >= 0.6 is 12.2 Å². The summed E-state index contributed by atoms with van der Waals surface area (Å²) in [7, 11) is 0. The molecule has 5 heteroatoms. The molecule has 0 saturated carbocycles. The Labute approximate surface area is 131 Å². The highest BCUT2D eigenvalue weighted by Crippen LogP contribution is 2.19. The number of benzene rings is 1. The molecule has 1 aliphatic heterocycles. The summed E-state index contributed by atoms with van der Waals surface area (Å²) in [5, 5.41) is 10.1. The summed E-state index contributed by atoms with van der Waals surface area (Å²) < 4.78 is 5.63. The number of β-amino-alcohol motifs (C(OH)–C–C–N with tert-alkyl or cyclic N) is 1. The molecular formula is C16H24N2O2S. The van der Waals surface area contributed by atoms with Gasteiger partial charge in [-0.15, -0.1) is 0 Å². The number of rotatable bonds is 7. The summed E-state index contributed by atoms with van der Waals surface area (Å²) >= 11 is 4.94. The lowest BCUT2D eigenvalue weighted by Gasteiger charge is -2.20. The van der Waals surface area contributed by atoms with E-state index in [1.807, 2.05) is 18.2 Å². The number of aliphatic hydroxyl groups is 1. The van der Waals surface area contributed by atoms with Crippen LogP contribution in [0, 0.1) is 5.92 Å². The third-order valence-corrected chi connectivity index (χ3v) is 4.21. The van der Waals surface area contributed by atoms with Crippen molar-refractivity contribution in [1.82, 2.24) is 4.90 Å². The van der Waals surface area contributed by atoms with Gasteiger partial charge in [-0.3, -0.25) is 0 Å². The molecule has 1 aliphatic rings. The van der Waals surface area contributed by atoms with E-state index in [4.69, 9.17) is 22.7 Å². The van der Waals surface area contributed by atoms with Gasteiger partial charge < -0.3 is 20.5 Å². The Hall–Kier alpha value is -1.17. The summed E-state index contributed by atoms with van der Waals surface area (Å²) in [6, 6.07) is 7.35. The predicted octanol–water partition coefficient (Wildman–Crippen LogP) is 1.79. The SMILES string of the molecule is CCC1CCN(CC(O)COc2cccc(C(N)=S)c2)C1. The Morgan fingerprint density at radius 2 is 2.38 bits per heavy atom. The minimum absolute atomic E-state index is 0.286. The van der Waals surface area contributed by atoms with Crippen LogP contribution in [0.3, 0.4) is 0 Å². The molecule has 2 rings (SSSR count). The molecule has 4 nitrogen and oxygen atoms in total. The number of thiocarbonyl (C=S) groups is 1. The standard InChI is InChI=1S/C16H24N2O2S/c1-2-12-6-7-18(9-12)10-14(19)11-20-15-5-3-4-13(8-15)16(17)21/h3-5,8,12,14,19H,2,6-7,9-11H2,1H3,(H2,17,21). The van der Waals surface area contributed by atoms with E-state index in [0.717, 1.165) is 24.6 Å². The minimum atomic E-state index is -0.478. The zero-order valence-corrected chi connectivity index (χ0v) is 13.3. The van der Waals surface area contributed by atoms with Crippen LogP contribution in [0.5, 0.6) is 5.75 Å². The van der Waals surface area contributed by atoms with Gasteiger partial charge in [0.25, 0.3) is 0 Å². The highest BCUT2D eigenvalue weighted by Gasteiger charge is 2.22. The largest absolute Gasteiger partial charge is 0.491 e. The van der Waals surface area contributed by atoms with E-state index in [9.17, 15) is 5.11 Å². The summed E-state index contributed by atoms with van der Waals surface area (Å²) in [4.78, 5) is 2.66. The molecule has 2 unspecified atom stereocenters. The van der Waals surface area contributed by atoms with E-state index in [-0.39, 0.29) is 6.61 Å². The van der Waals surface area contributed by atoms with Crippen molar-refractivity contribution < 1.29 is 9.84 Å². The van der Waals surface area contributed by atoms with Crippen LogP contribution in [0.4, 0.5) is 0 Å². The maximum atomic E-state index is 10.1. The number of nitrogens with zero attached hydrogens (tertiary/aromatic N) is 1. The maximum absolute atomic E-state index is 10.1. The van der Waals surface area contributed by atoms with Crippen LogP contribution < -0.4 is 10.5 Å². The number of hydrogen-bond acceptors (Lipinski definition) is 4. The number of nitrogens with two attached hydrogens (primary N) is 1. The monoisotopic (exact) mass is 308 g/mol. The van der Waals surface area contributed by atoms with Gasteiger partial charge in [0.1, 0.15) is 23.4 Å². The second-order valence-electron chi connectivity index (χ2n) is 5.68. The first-order valence-corrected chi connectivity index (χ1v) is 7.92. The molecule has 1 saturated heterocycles. The van der Waals surface area contributed by atoms with E-state index < -0.39 is 6.10 Å². The highest BCUT2D eigenvalue weighted by molar-refractivity contribution is 7.80. The molecule has 1 aromatic carbocycles. The molecule has 3 N–H and O–H groups in total. The number of aliphatic hydroxyl groups excluding tert-OH is 1. The Morgan fingerprint density at radius 1 is 1.57 bits per heavy atom. The molecule has 1 aromatic rings. The zero-order chi connectivity index (χ0) is 15.2. The molecule has 0 amide bonds. The van der Waals surface area contributed by atoms with Gasteiger partial charge in [0.2, 0.25) is 0 Å². The van der Waals surface area contributed by atoms with E-state index in [2.05, 4.69) is 11.8 Å². The van der Waals surface area contributed by atoms with Gasteiger partial charge in [-0.1, -0.05) is 37.7 Å². The zero-order valence-electron chi connectivity index (χ0n) is 12.5. The Morgan fingerprint density at radius 3 is 3.05 bits per heavy atom. The molecule has 0 aliphatic carbocycles. The summed E-state index contributed by atoms with van der Waals surface area (Å²) in [5.41, 5.74) is 6.37. The fourth-order valence-corrected chi connectivity index (χ4v) is 2.82. The molecule has 0 radical (unpaired) electrons. The highest BCUT2D eigenvalue weighted by atomic mass is 32.1. The van der Waals surface area contributed by atoms with Crippen LogP contribution in [0.2, 0.25) is 0 Å². The van der Waals surface area contributed by atoms with Crippen molar-refractivity contribution in [2.24, 2.45) is 11.7 Å². The average Bonchev–Trinajstić information content (AvgIpc) is 2.93. The summed E-state index contributed by atoms with van der Waals surface area (Å²) in [6.07, 6.45) is 1.98. The maximum Gasteiger partial charge on any atom is 0.120 e. The van der Waals surface area contributed by atoms with Crippen LogP contribution in [0.25, 0.3) is 0 Å². The van der Waals surface area contributed by atoms with E-state index in [0.29, 0.717) is 17.3 Å². The third-order valence-electron chi connectivity index (χ3n) is 3.98. The lowest BCUT2D eigenvalue weighted by atomic mass is 10.1. The number of hydrogen-bond donors (Lipinski definition) is 2. The molecule has 116 valence electrons. The lowest BCUT2D eigenvalue weighted by molar-refractivity contribution is 0.0746. The van der Waals surface area contributed by atoms with E-state index >= 15 is 0 Å². The average molecular weight is 308 g/mol. The van der Waals surface area contributed by atoms with Crippen molar-refractivity contribution in [3.8, 4) is 5.75 Å². The summed E-state index contributed by atoms with van der Waals surface area (Å²) in [5.74, 6) is 1.47. The van der Waals surface area contributed by atoms with Crippen molar-refractivity contribution >= 4 is 17.2 Å². The smallest absolute Gasteiger partial charge is 0.120 e. The Balaban J connectivity index is 1.77. The first-order valence-electron chi connectivity index (χ1n) is 7.51. The predicted molar refractivity (Wildman–Crippen MR) is 88.7 cm³/mol. The molecule has 21 heavy (non-hydrogen) atoms. The molecule has 2 atom stereocenters. The van der Waals surface area contributed by atoms with Crippen molar-refractivity contribution in [2.45, 2.75) is 25.9 Å².